The Balaban J connectivity index is 1.87. The van der Waals surface area contributed by atoms with Gasteiger partial charge in [0, 0.05) is 11.4 Å². The first kappa shape index (κ1) is 12.4. The lowest BCUT2D eigenvalue weighted by Crippen LogP contribution is -2.20. The van der Waals surface area contributed by atoms with Crippen LogP contribution in [0.4, 0.5) is 11.6 Å². The number of imidazole rings is 1. The van der Waals surface area contributed by atoms with Gasteiger partial charge in [0.05, 0.1) is 0 Å². The summed E-state index contributed by atoms with van der Waals surface area (Å²) in [6.45, 7) is 2.10. The van der Waals surface area contributed by atoms with Gasteiger partial charge in [-0.3, -0.25) is 0 Å². The Labute approximate surface area is 114 Å². The molecule has 1 fully saturated rings. The minimum absolute atomic E-state index is 0.0468. The molecular weight excluding hydrogens is 264 g/mol. The topological polar surface area (TPSA) is 72.5 Å². The van der Waals surface area contributed by atoms with E-state index in [4.69, 9.17) is 0 Å². The van der Waals surface area contributed by atoms with E-state index in [2.05, 4.69) is 17.2 Å². The Hall–Kier alpha value is -1.63. The summed E-state index contributed by atoms with van der Waals surface area (Å²) >= 11 is 1.41. The second-order valence-corrected chi connectivity index (χ2v) is 5.90. The van der Waals surface area contributed by atoms with E-state index >= 15 is 0 Å². The summed E-state index contributed by atoms with van der Waals surface area (Å²) in [6.07, 6.45) is 6.31. The zero-order valence-electron chi connectivity index (χ0n) is 10.7. The third-order valence-electron chi connectivity index (χ3n) is 3.56. The van der Waals surface area contributed by atoms with Crippen LogP contribution in [0.25, 0.3) is 4.96 Å². The molecule has 2 aromatic rings. The Morgan fingerprint density at radius 3 is 3.11 bits per heavy atom. The van der Waals surface area contributed by atoms with Crippen molar-refractivity contribution in [3.8, 4) is 0 Å². The SMILES string of the molecule is CCC(CC1CC1)Nc1nc2sccn2c1[N+](=O)[O-]. The summed E-state index contributed by atoms with van der Waals surface area (Å²) in [4.78, 5) is 15.8. The Kier molecular flexibility index (Phi) is 3.14. The number of nitrogens with zero attached hydrogens (tertiary/aromatic N) is 3. The monoisotopic (exact) mass is 280 g/mol. The lowest BCUT2D eigenvalue weighted by molar-refractivity contribution is -0.389. The van der Waals surface area contributed by atoms with Gasteiger partial charge in [0.2, 0.25) is 5.82 Å². The molecule has 1 saturated carbocycles. The highest BCUT2D eigenvalue weighted by molar-refractivity contribution is 7.15. The molecule has 0 radical (unpaired) electrons. The third-order valence-corrected chi connectivity index (χ3v) is 4.31. The number of fused-ring (bicyclic) bond motifs is 1. The van der Waals surface area contributed by atoms with Gasteiger partial charge in [-0.2, -0.15) is 9.38 Å². The number of rotatable bonds is 6. The van der Waals surface area contributed by atoms with Crippen LogP contribution >= 0.6 is 11.3 Å². The van der Waals surface area contributed by atoms with Crippen molar-refractivity contribution in [1.82, 2.24) is 9.38 Å². The molecule has 0 aliphatic heterocycles. The number of nitrogens with one attached hydrogen (secondary N) is 1. The first-order valence-corrected chi connectivity index (χ1v) is 7.43. The molecule has 3 rings (SSSR count). The number of hydrogen-bond acceptors (Lipinski definition) is 5. The average molecular weight is 280 g/mol. The summed E-state index contributed by atoms with van der Waals surface area (Å²) in [5.41, 5.74) is 0. The molecule has 0 spiro atoms. The molecular formula is C12H16N4O2S. The molecule has 1 aliphatic rings. The van der Waals surface area contributed by atoms with Crippen molar-refractivity contribution in [3.05, 3.63) is 21.7 Å². The molecule has 0 bridgehead atoms. The fraction of sp³-hybridized carbons (Fsp3) is 0.583. The molecule has 1 unspecified atom stereocenters. The lowest BCUT2D eigenvalue weighted by Gasteiger charge is -2.15. The summed E-state index contributed by atoms with van der Waals surface area (Å²) in [6, 6.07) is 0.274. The van der Waals surface area contributed by atoms with Gasteiger partial charge < -0.3 is 15.4 Å². The maximum absolute atomic E-state index is 11.2. The molecule has 2 aromatic heterocycles. The first-order chi connectivity index (χ1) is 9.19. The molecule has 1 aliphatic carbocycles. The maximum Gasteiger partial charge on any atom is 0.372 e. The van der Waals surface area contributed by atoms with Crippen molar-refractivity contribution in [3.63, 3.8) is 0 Å². The van der Waals surface area contributed by atoms with Gasteiger partial charge in [-0.25, -0.2) is 0 Å². The van der Waals surface area contributed by atoms with E-state index in [-0.39, 0.29) is 16.8 Å². The highest BCUT2D eigenvalue weighted by atomic mass is 32.1. The molecule has 0 saturated heterocycles. The van der Waals surface area contributed by atoms with Crippen LogP contribution in [0.3, 0.4) is 0 Å². The van der Waals surface area contributed by atoms with Crippen LogP contribution in [0.1, 0.15) is 32.6 Å². The number of thiazole rings is 1. The van der Waals surface area contributed by atoms with Crippen LogP contribution < -0.4 is 5.32 Å². The number of aromatic nitrogens is 2. The zero-order chi connectivity index (χ0) is 13.4. The van der Waals surface area contributed by atoms with Crippen molar-refractivity contribution in [1.29, 1.82) is 0 Å². The van der Waals surface area contributed by atoms with Crippen molar-refractivity contribution in [2.45, 2.75) is 38.6 Å². The molecule has 19 heavy (non-hydrogen) atoms. The highest BCUT2D eigenvalue weighted by Crippen LogP contribution is 2.36. The molecule has 2 heterocycles. The fourth-order valence-corrected chi connectivity index (χ4v) is 3.03. The maximum atomic E-state index is 11.2. The van der Waals surface area contributed by atoms with Gasteiger partial charge >= 0.3 is 5.82 Å². The van der Waals surface area contributed by atoms with Crippen molar-refractivity contribution >= 4 is 27.9 Å². The number of anilines is 1. The van der Waals surface area contributed by atoms with Crippen molar-refractivity contribution in [2.75, 3.05) is 5.32 Å². The van der Waals surface area contributed by atoms with Gasteiger partial charge in [0.25, 0.3) is 4.96 Å². The first-order valence-electron chi connectivity index (χ1n) is 6.55. The molecule has 1 N–H and O–H groups in total. The normalized spacial score (nSPS) is 16.7. The molecule has 102 valence electrons. The van der Waals surface area contributed by atoms with E-state index < -0.39 is 0 Å². The summed E-state index contributed by atoms with van der Waals surface area (Å²) in [5.74, 6) is 1.25. The van der Waals surface area contributed by atoms with E-state index in [9.17, 15) is 10.1 Å². The van der Waals surface area contributed by atoms with Gasteiger partial charge in [-0.1, -0.05) is 31.1 Å². The smallest absolute Gasteiger partial charge is 0.360 e. The van der Waals surface area contributed by atoms with Gasteiger partial charge in [-0.15, -0.1) is 0 Å². The van der Waals surface area contributed by atoms with Crippen LogP contribution in [-0.2, 0) is 0 Å². The Morgan fingerprint density at radius 2 is 2.47 bits per heavy atom. The van der Waals surface area contributed by atoms with Crippen molar-refractivity contribution in [2.24, 2.45) is 5.92 Å². The van der Waals surface area contributed by atoms with Crippen LogP contribution in [-0.4, -0.2) is 20.3 Å². The summed E-state index contributed by atoms with van der Waals surface area (Å²) < 4.78 is 1.54. The highest BCUT2D eigenvalue weighted by Gasteiger charge is 2.28. The van der Waals surface area contributed by atoms with E-state index in [0.717, 1.165) is 18.8 Å². The van der Waals surface area contributed by atoms with E-state index in [1.165, 1.54) is 28.6 Å². The van der Waals surface area contributed by atoms with Crippen LogP contribution in [0, 0.1) is 16.0 Å². The van der Waals surface area contributed by atoms with Gasteiger partial charge in [-0.05, 0) is 23.7 Å². The molecule has 6 nitrogen and oxygen atoms in total. The quantitative estimate of drug-likeness (QED) is 0.651. The second kappa shape index (κ2) is 4.80. The minimum atomic E-state index is -0.362. The van der Waals surface area contributed by atoms with Gasteiger partial charge in [0.15, 0.2) is 0 Å². The van der Waals surface area contributed by atoms with Gasteiger partial charge in [0.1, 0.15) is 6.20 Å². The second-order valence-electron chi connectivity index (χ2n) is 5.03. The van der Waals surface area contributed by atoms with Crippen molar-refractivity contribution < 1.29 is 4.92 Å². The summed E-state index contributed by atoms with van der Waals surface area (Å²) in [7, 11) is 0. The molecule has 0 amide bonds. The average Bonchev–Trinajstić information content (AvgIpc) is 2.94. The van der Waals surface area contributed by atoms with Crippen LogP contribution in [0.2, 0.25) is 0 Å². The Bertz CT molecular complexity index is 602. The standard InChI is InChI=1S/C12H16N4O2S/c1-2-9(7-8-3-4-8)13-10-11(16(17)18)15-5-6-19-12(15)14-10/h5-6,8-9,13H,2-4,7H2,1H3. The lowest BCUT2D eigenvalue weighted by atomic mass is 10.1. The minimum Gasteiger partial charge on any atom is -0.360 e. The number of nitro groups is 1. The molecule has 1 atom stereocenters. The van der Waals surface area contributed by atoms with E-state index in [1.807, 2.05) is 0 Å². The molecule has 0 aromatic carbocycles. The zero-order valence-corrected chi connectivity index (χ0v) is 11.5. The predicted molar refractivity (Wildman–Crippen MR) is 74.8 cm³/mol. The summed E-state index contributed by atoms with van der Waals surface area (Å²) in [5, 5.41) is 16.3. The van der Waals surface area contributed by atoms with Crippen LogP contribution in [0.5, 0.6) is 0 Å². The fourth-order valence-electron chi connectivity index (χ4n) is 2.32. The molecule has 7 heteroatoms. The van der Waals surface area contributed by atoms with E-state index in [1.54, 1.807) is 11.6 Å². The third kappa shape index (κ3) is 2.42. The van der Waals surface area contributed by atoms with Crippen LogP contribution in [0.15, 0.2) is 11.6 Å². The predicted octanol–water partition coefficient (Wildman–Crippen LogP) is 3.29. The largest absolute Gasteiger partial charge is 0.372 e. The number of hydrogen-bond donors (Lipinski definition) is 1. The van der Waals surface area contributed by atoms with E-state index in [0.29, 0.717) is 10.8 Å². The Morgan fingerprint density at radius 1 is 1.68 bits per heavy atom.